The van der Waals surface area contributed by atoms with Crippen molar-refractivity contribution in [2.75, 3.05) is 11.9 Å². The minimum atomic E-state index is -4.64. The van der Waals surface area contributed by atoms with Gasteiger partial charge in [-0.15, -0.1) is 16.8 Å². The number of para-hydroxylation sites is 2. The Morgan fingerprint density at radius 3 is 2.77 bits per heavy atom. The van der Waals surface area contributed by atoms with Gasteiger partial charge in [0.1, 0.15) is 6.61 Å². The lowest BCUT2D eigenvalue weighted by Gasteiger charge is -2.26. The zero-order valence-corrected chi connectivity index (χ0v) is 20.0. The average Bonchev–Trinajstić information content (AvgIpc) is 3.21. The number of nitrogens with zero attached hydrogens (tertiary/aromatic N) is 3. The first kappa shape index (κ1) is 24.9. The summed E-state index contributed by atoms with van der Waals surface area (Å²) in [6.07, 6.45) is -3.50. The number of rotatable bonds is 7. The quantitative estimate of drug-likeness (QED) is 0.312. The summed E-state index contributed by atoms with van der Waals surface area (Å²) in [6.45, 7) is 5.96. The van der Waals surface area contributed by atoms with Crippen molar-refractivity contribution in [3.8, 4) is 11.5 Å². The summed E-state index contributed by atoms with van der Waals surface area (Å²) in [5.74, 6) is 1.21. The first-order chi connectivity index (χ1) is 16.7. The Hall–Kier alpha value is -3.18. The van der Waals surface area contributed by atoms with Crippen molar-refractivity contribution in [3.63, 3.8) is 0 Å². The Balaban J connectivity index is 1.49. The molecule has 0 saturated carbocycles. The molecule has 35 heavy (non-hydrogen) atoms. The third-order valence-electron chi connectivity index (χ3n) is 5.04. The summed E-state index contributed by atoms with van der Waals surface area (Å²) in [5, 5.41) is 10.2. The number of thioether (sulfide) groups is 1. The molecule has 1 aromatic heterocycles. The lowest BCUT2D eigenvalue weighted by molar-refractivity contribution is -0.137. The van der Waals surface area contributed by atoms with Crippen LogP contribution < -0.4 is 14.8 Å². The molecule has 184 valence electrons. The number of benzene rings is 2. The molecule has 2 atom stereocenters. The van der Waals surface area contributed by atoms with Crippen molar-refractivity contribution in [2.45, 2.75) is 36.2 Å². The van der Waals surface area contributed by atoms with Crippen molar-refractivity contribution in [3.05, 3.63) is 71.5 Å². The number of carbonyl (C=O) groups excluding carboxylic acids is 1. The van der Waals surface area contributed by atoms with Crippen LogP contribution in [0.2, 0.25) is 5.02 Å². The van der Waals surface area contributed by atoms with Crippen LogP contribution in [-0.4, -0.2) is 32.5 Å². The van der Waals surface area contributed by atoms with E-state index in [-0.39, 0.29) is 12.3 Å². The maximum absolute atomic E-state index is 13.1. The summed E-state index contributed by atoms with van der Waals surface area (Å²) in [6, 6.07) is 10.5. The summed E-state index contributed by atoms with van der Waals surface area (Å²) < 4.78 is 52.9. The first-order valence-electron chi connectivity index (χ1n) is 10.4. The maximum atomic E-state index is 13.1. The zero-order valence-electron chi connectivity index (χ0n) is 18.4. The van der Waals surface area contributed by atoms with Crippen LogP contribution in [-0.2, 0) is 17.5 Å². The van der Waals surface area contributed by atoms with Crippen LogP contribution in [0.4, 0.5) is 18.9 Å². The highest BCUT2D eigenvalue weighted by atomic mass is 35.5. The van der Waals surface area contributed by atoms with Gasteiger partial charge in [-0.25, -0.2) is 0 Å². The van der Waals surface area contributed by atoms with E-state index in [1.54, 1.807) is 29.7 Å². The van der Waals surface area contributed by atoms with Crippen molar-refractivity contribution in [2.24, 2.45) is 0 Å². The standard InChI is InChI=1S/C23H20ClF3N4O3S/c1-3-10-31-20(19-12-33-17-6-4-5-7-18(17)34-19)29-30-22(31)35-13(2)21(32)28-14-8-9-16(24)15(11-14)23(25,26)27/h3-9,11,13,19H,1,10,12H2,2H3,(H,28,32)/t13-,19-/m0/s1. The highest BCUT2D eigenvalue weighted by Gasteiger charge is 2.34. The second-order valence-corrected chi connectivity index (χ2v) is 9.26. The van der Waals surface area contributed by atoms with Crippen LogP contribution in [0.25, 0.3) is 0 Å². The number of aromatic nitrogens is 3. The van der Waals surface area contributed by atoms with Gasteiger partial charge in [-0.2, -0.15) is 13.2 Å². The number of hydrogen-bond donors (Lipinski definition) is 1. The predicted molar refractivity (Wildman–Crippen MR) is 126 cm³/mol. The smallest absolute Gasteiger partial charge is 0.417 e. The molecule has 7 nitrogen and oxygen atoms in total. The zero-order chi connectivity index (χ0) is 25.2. The van der Waals surface area contributed by atoms with Gasteiger partial charge in [-0.1, -0.05) is 41.6 Å². The fraction of sp³-hybridized carbons (Fsp3) is 0.261. The molecule has 0 saturated heterocycles. The monoisotopic (exact) mass is 524 g/mol. The molecule has 1 aliphatic heterocycles. The number of amides is 1. The number of fused-ring (bicyclic) bond motifs is 1. The number of hydrogen-bond acceptors (Lipinski definition) is 6. The Kier molecular flexibility index (Phi) is 7.27. The third-order valence-corrected chi connectivity index (χ3v) is 6.45. The van der Waals surface area contributed by atoms with E-state index in [2.05, 4.69) is 22.1 Å². The molecular formula is C23H20ClF3N4O3S. The molecule has 1 amide bonds. The molecule has 2 aromatic carbocycles. The van der Waals surface area contributed by atoms with Crippen molar-refractivity contribution >= 4 is 35.0 Å². The fourth-order valence-electron chi connectivity index (χ4n) is 3.35. The molecule has 0 bridgehead atoms. The van der Waals surface area contributed by atoms with E-state index in [1.807, 2.05) is 12.1 Å². The largest absolute Gasteiger partial charge is 0.485 e. The lowest BCUT2D eigenvalue weighted by Crippen LogP contribution is -2.25. The number of allylic oxidation sites excluding steroid dienone is 1. The number of ether oxygens (including phenoxy) is 2. The molecule has 2 heterocycles. The number of carbonyl (C=O) groups is 1. The Labute approximate surface area is 208 Å². The number of nitrogens with one attached hydrogen (secondary N) is 1. The van der Waals surface area contributed by atoms with Gasteiger partial charge >= 0.3 is 6.18 Å². The number of alkyl halides is 3. The van der Waals surface area contributed by atoms with Crippen LogP contribution in [0.1, 0.15) is 24.4 Å². The van der Waals surface area contributed by atoms with Gasteiger partial charge in [0.25, 0.3) is 0 Å². The van der Waals surface area contributed by atoms with E-state index in [0.29, 0.717) is 29.0 Å². The van der Waals surface area contributed by atoms with Crippen molar-refractivity contribution < 1.29 is 27.4 Å². The molecule has 0 aliphatic carbocycles. The third kappa shape index (κ3) is 5.57. The van der Waals surface area contributed by atoms with E-state index in [1.165, 1.54) is 6.07 Å². The van der Waals surface area contributed by atoms with E-state index in [9.17, 15) is 18.0 Å². The van der Waals surface area contributed by atoms with E-state index in [0.717, 1.165) is 23.9 Å². The fourth-order valence-corrected chi connectivity index (χ4v) is 4.44. The SMILES string of the molecule is C=CCn1c(S[C@@H](C)C(=O)Nc2ccc(Cl)c(C(F)(F)F)c2)nnc1[C@@H]1COc2ccccc2O1. The van der Waals surface area contributed by atoms with Crippen LogP contribution in [0.15, 0.2) is 60.3 Å². The van der Waals surface area contributed by atoms with E-state index >= 15 is 0 Å². The topological polar surface area (TPSA) is 78.3 Å². The number of halogens is 4. The summed E-state index contributed by atoms with van der Waals surface area (Å²) in [5.41, 5.74) is -1.04. The maximum Gasteiger partial charge on any atom is 0.417 e. The van der Waals surface area contributed by atoms with Crippen molar-refractivity contribution in [1.29, 1.82) is 0 Å². The molecule has 4 rings (SSSR count). The molecule has 12 heteroatoms. The molecule has 1 aliphatic rings. The molecule has 3 aromatic rings. The molecule has 0 unspecified atom stereocenters. The van der Waals surface area contributed by atoms with Gasteiger partial charge in [0.15, 0.2) is 28.6 Å². The van der Waals surface area contributed by atoms with E-state index in [4.69, 9.17) is 21.1 Å². The highest BCUT2D eigenvalue weighted by molar-refractivity contribution is 8.00. The minimum Gasteiger partial charge on any atom is -0.485 e. The van der Waals surface area contributed by atoms with Crippen LogP contribution >= 0.6 is 23.4 Å². The van der Waals surface area contributed by atoms with Gasteiger partial charge in [0, 0.05) is 12.2 Å². The van der Waals surface area contributed by atoms with Gasteiger partial charge in [-0.3, -0.25) is 9.36 Å². The molecule has 1 N–H and O–H groups in total. The van der Waals surface area contributed by atoms with Gasteiger partial charge in [0.05, 0.1) is 15.8 Å². The minimum absolute atomic E-state index is 0.0150. The lowest BCUT2D eigenvalue weighted by atomic mass is 10.2. The van der Waals surface area contributed by atoms with Crippen molar-refractivity contribution in [1.82, 2.24) is 14.8 Å². The summed E-state index contributed by atoms with van der Waals surface area (Å²) in [4.78, 5) is 12.7. The van der Waals surface area contributed by atoms with Gasteiger partial charge < -0.3 is 14.8 Å². The van der Waals surface area contributed by atoms with Crippen LogP contribution in [0, 0.1) is 0 Å². The van der Waals surface area contributed by atoms with E-state index < -0.39 is 34.0 Å². The first-order valence-corrected chi connectivity index (χ1v) is 11.7. The van der Waals surface area contributed by atoms with Gasteiger partial charge in [0.2, 0.25) is 5.91 Å². The average molecular weight is 525 g/mol. The Bertz CT molecular complexity index is 1250. The second kappa shape index (κ2) is 10.2. The predicted octanol–water partition coefficient (Wildman–Crippen LogP) is 5.77. The summed E-state index contributed by atoms with van der Waals surface area (Å²) >= 11 is 6.75. The Morgan fingerprint density at radius 1 is 1.31 bits per heavy atom. The molecule has 0 spiro atoms. The molecule has 0 fully saturated rings. The second-order valence-electron chi connectivity index (χ2n) is 7.55. The molecular weight excluding hydrogens is 505 g/mol. The van der Waals surface area contributed by atoms with Crippen LogP contribution in [0.5, 0.6) is 11.5 Å². The Morgan fingerprint density at radius 2 is 2.06 bits per heavy atom. The molecule has 0 radical (unpaired) electrons. The highest BCUT2D eigenvalue weighted by Crippen LogP contribution is 2.38. The van der Waals surface area contributed by atoms with Crippen LogP contribution in [0.3, 0.4) is 0 Å². The normalized spacial score (nSPS) is 16.0. The number of anilines is 1. The summed E-state index contributed by atoms with van der Waals surface area (Å²) in [7, 11) is 0. The van der Waals surface area contributed by atoms with Gasteiger partial charge in [-0.05, 0) is 37.3 Å².